The second kappa shape index (κ2) is 3.81. The number of para-hydroxylation sites is 1. The van der Waals surface area contributed by atoms with Gasteiger partial charge in [0.25, 0.3) is 0 Å². The monoisotopic (exact) mass is 160 g/mol. The maximum absolute atomic E-state index is 4.22. The highest BCUT2D eigenvalue weighted by Crippen LogP contribution is 2.30. The summed E-state index contributed by atoms with van der Waals surface area (Å²) in [5.74, 6) is 0. The van der Waals surface area contributed by atoms with Crippen LogP contribution in [0.25, 0.3) is 0 Å². The molecule has 1 aromatic carbocycles. The third kappa shape index (κ3) is 1.59. The van der Waals surface area contributed by atoms with Crippen LogP contribution in [-0.4, -0.2) is 12.9 Å². The molecule has 0 aliphatic rings. The molecule has 0 N–H and O–H groups in total. The highest BCUT2D eigenvalue weighted by Gasteiger charge is 1.99. The second-order valence-electron chi connectivity index (χ2n) is 2.49. The molecule has 12 heavy (non-hydrogen) atoms. The van der Waals surface area contributed by atoms with Crippen LogP contribution in [-0.2, 0) is 0 Å². The largest absolute Gasteiger partial charge is 0.262 e. The molecule has 0 aliphatic carbocycles. The zero-order valence-electron chi connectivity index (χ0n) is 7.41. The normalized spacial score (nSPS) is 10.5. The molecule has 0 unspecified atom stereocenters. The average Bonchev–Trinajstić information content (AvgIpc) is 2.09. The van der Waals surface area contributed by atoms with Crippen LogP contribution in [0.4, 0.5) is 11.4 Å². The molecule has 0 aromatic heterocycles. The molecule has 2 nitrogen and oxygen atoms in total. The summed E-state index contributed by atoms with van der Waals surface area (Å²) in [4.78, 5) is 8.10. The van der Waals surface area contributed by atoms with Crippen molar-refractivity contribution in [2.75, 3.05) is 0 Å². The van der Waals surface area contributed by atoms with Gasteiger partial charge in [-0.3, -0.25) is 9.98 Å². The number of benzene rings is 1. The van der Waals surface area contributed by atoms with Crippen molar-refractivity contribution in [2.45, 2.75) is 13.8 Å². The molecular weight excluding hydrogens is 148 g/mol. The van der Waals surface area contributed by atoms with Gasteiger partial charge >= 0.3 is 0 Å². The molecule has 0 bridgehead atoms. The summed E-state index contributed by atoms with van der Waals surface area (Å²) >= 11 is 0. The molecule has 2 heteroatoms. The van der Waals surface area contributed by atoms with Gasteiger partial charge in [-0.05, 0) is 32.2 Å². The molecule has 0 radical (unpaired) electrons. The van der Waals surface area contributed by atoms with Crippen molar-refractivity contribution in [2.24, 2.45) is 9.98 Å². The minimum absolute atomic E-state index is 0.841. The SMILES string of the molecule is C=Nc1cccc(C)c1/N=C\C. The lowest BCUT2D eigenvalue weighted by Crippen LogP contribution is -1.75. The van der Waals surface area contributed by atoms with Gasteiger partial charge in [0.05, 0.1) is 11.4 Å². The van der Waals surface area contributed by atoms with Crippen LogP contribution in [0.1, 0.15) is 12.5 Å². The predicted molar refractivity (Wildman–Crippen MR) is 54.2 cm³/mol. The minimum atomic E-state index is 0.841. The van der Waals surface area contributed by atoms with Gasteiger partial charge < -0.3 is 0 Å². The number of hydrogen-bond donors (Lipinski definition) is 0. The lowest BCUT2D eigenvalue weighted by molar-refractivity contribution is 1.38. The maximum Gasteiger partial charge on any atom is 0.0910 e. The standard InChI is InChI=1S/C10H12N2/c1-4-12-10-8(2)6-5-7-9(10)11-3/h4-7H,3H2,1-2H3/b12-4-. The third-order valence-electron chi connectivity index (χ3n) is 1.65. The van der Waals surface area contributed by atoms with E-state index in [0.29, 0.717) is 0 Å². The summed E-state index contributed by atoms with van der Waals surface area (Å²) in [7, 11) is 0. The topological polar surface area (TPSA) is 24.7 Å². The van der Waals surface area contributed by atoms with E-state index in [2.05, 4.69) is 16.7 Å². The summed E-state index contributed by atoms with van der Waals surface area (Å²) in [6, 6.07) is 5.87. The van der Waals surface area contributed by atoms with Gasteiger partial charge in [0.15, 0.2) is 0 Å². The van der Waals surface area contributed by atoms with Crippen molar-refractivity contribution >= 4 is 24.3 Å². The summed E-state index contributed by atoms with van der Waals surface area (Å²) in [5.41, 5.74) is 2.88. The van der Waals surface area contributed by atoms with Crippen molar-refractivity contribution < 1.29 is 0 Å². The van der Waals surface area contributed by atoms with E-state index in [-0.39, 0.29) is 0 Å². The first kappa shape index (κ1) is 8.65. The Labute approximate surface area is 72.7 Å². The number of nitrogens with zero attached hydrogens (tertiary/aromatic N) is 2. The van der Waals surface area contributed by atoms with Gasteiger partial charge in [-0.25, -0.2) is 0 Å². The molecular formula is C10H12N2. The summed E-state index contributed by atoms with van der Waals surface area (Å²) in [6.45, 7) is 7.39. The number of rotatable bonds is 2. The van der Waals surface area contributed by atoms with E-state index in [1.54, 1.807) is 6.21 Å². The Morgan fingerprint density at radius 2 is 2.17 bits per heavy atom. The van der Waals surface area contributed by atoms with Gasteiger partial charge in [-0.1, -0.05) is 12.1 Å². The number of hydrogen-bond acceptors (Lipinski definition) is 2. The first-order valence-electron chi connectivity index (χ1n) is 3.84. The lowest BCUT2D eigenvalue weighted by Gasteiger charge is -2.02. The fourth-order valence-electron chi connectivity index (χ4n) is 1.07. The first-order valence-corrected chi connectivity index (χ1v) is 3.84. The minimum Gasteiger partial charge on any atom is -0.262 e. The summed E-state index contributed by atoms with van der Waals surface area (Å²) in [5, 5.41) is 0. The first-order chi connectivity index (χ1) is 5.79. The smallest absolute Gasteiger partial charge is 0.0910 e. The molecule has 0 heterocycles. The predicted octanol–water partition coefficient (Wildman–Crippen LogP) is 3.05. The highest BCUT2D eigenvalue weighted by atomic mass is 14.8. The van der Waals surface area contributed by atoms with Crippen LogP contribution in [0.2, 0.25) is 0 Å². The van der Waals surface area contributed by atoms with Crippen LogP contribution < -0.4 is 0 Å². The summed E-state index contributed by atoms with van der Waals surface area (Å²) in [6.07, 6.45) is 1.76. The Morgan fingerprint density at radius 3 is 2.75 bits per heavy atom. The number of aryl methyl sites for hydroxylation is 1. The van der Waals surface area contributed by atoms with Crippen LogP contribution in [0.5, 0.6) is 0 Å². The molecule has 0 spiro atoms. The molecule has 0 atom stereocenters. The zero-order chi connectivity index (χ0) is 8.97. The number of aliphatic imine (C=N–C) groups is 2. The molecule has 62 valence electrons. The van der Waals surface area contributed by atoms with Crippen molar-refractivity contribution in [1.29, 1.82) is 0 Å². The van der Waals surface area contributed by atoms with Crippen LogP contribution in [0.15, 0.2) is 28.2 Å². The molecule has 1 aromatic rings. The van der Waals surface area contributed by atoms with Crippen LogP contribution in [0, 0.1) is 6.92 Å². The Bertz CT molecular complexity index is 314. The Hall–Kier alpha value is -1.44. The Morgan fingerprint density at radius 1 is 1.42 bits per heavy atom. The molecule has 0 saturated carbocycles. The molecule has 0 saturated heterocycles. The van der Waals surface area contributed by atoms with Crippen molar-refractivity contribution in [3.63, 3.8) is 0 Å². The van der Waals surface area contributed by atoms with Gasteiger partial charge in [0, 0.05) is 6.21 Å². The molecule has 0 aliphatic heterocycles. The fraction of sp³-hybridized carbons (Fsp3) is 0.200. The van der Waals surface area contributed by atoms with Crippen molar-refractivity contribution in [1.82, 2.24) is 0 Å². The van der Waals surface area contributed by atoms with E-state index in [4.69, 9.17) is 0 Å². The van der Waals surface area contributed by atoms with E-state index in [1.165, 1.54) is 0 Å². The highest BCUT2D eigenvalue weighted by molar-refractivity contribution is 5.73. The quantitative estimate of drug-likeness (QED) is 0.594. The third-order valence-corrected chi connectivity index (χ3v) is 1.65. The van der Waals surface area contributed by atoms with Gasteiger partial charge in [0.2, 0.25) is 0 Å². The van der Waals surface area contributed by atoms with Gasteiger partial charge in [0.1, 0.15) is 0 Å². The van der Waals surface area contributed by atoms with Crippen molar-refractivity contribution in [3.05, 3.63) is 23.8 Å². The Balaban J connectivity index is 3.28. The molecule has 0 fully saturated rings. The van der Waals surface area contributed by atoms with E-state index in [0.717, 1.165) is 16.9 Å². The molecule has 0 amide bonds. The van der Waals surface area contributed by atoms with E-state index in [9.17, 15) is 0 Å². The fourth-order valence-corrected chi connectivity index (χ4v) is 1.07. The zero-order valence-corrected chi connectivity index (χ0v) is 7.41. The Kier molecular flexibility index (Phi) is 2.75. The second-order valence-corrected chi connectivity index (χ2v) is 2.49. The van der Waals surface area contributed by atoms with E-state index in [1.807, 2.05) is 32.0 Å². The summed E-state index contributed by atoms with van der Waals surface area (Å²) < 4.78 is 0. The van der Waals surface area contributed by atoms with Crippen LogP contribution >= 0.6 is 0 Å². The molecule has 1 rings (SSSR count). The average molecular weight is 160 g/mol. The van der Waals surface area contributed by atoms with E-state index < -0.39 is 0 Å². The lowest BCUT2D eigenvalue weighted by atomic mass is 10.2. The maximum atomic E-state index is 4.22. The van der Waals surface area contributed by atoms with Crippen LogP contribution in [0.3, 0.4) is 0 Å². The van der Waals surface area contributed by atoms with Crippen molar-refractivity contribution in [3.8, 4) is 0 Å². The van der Waals surface area contributed by atoms with E-state index >= 15 is 0 Å². The van der Waals surface area contributed by atoms with Gasteiger partial charge in [-0.15, -0.1) is 0 Å². The van der Waals surface area contributed by atoms with Gasteiger partial charge in [-0.2, -0.15) is 0 Å².